The Morgan fingerprint density at radius 1 is 1.17 bits per heavy atom. The SMILES string of the molecule is CC1=C(CCC2=CC=CC2)c2cc3sc(C)c(C)c3c(Br)c2C1. The Morgan fingerprint density at radius 3 is 2.74 bits per heavy atom. The predicted octanol–water partition coefficient (Wildman–Crippen LogP) is 7.28. The van der Waals surface area contributed by atoms with Crippen molar-refractivity contribution < 1.29 is 0 Å². The lowest BCUT2D eigenvalue weighted by Gasteiger charge is -2.10. The van der Waals surface area contributed by atoms with Crippen LogP contribution in [0.25, 0.3) is 15.7 Å². The number of rotatable bonds is 3. The zero-order valence-electron chi connectivity index (χ0n) is 13.9. The Morgan fingerprint density at radius 2 is 2.00 bits per heavy atom. The van der Waals surface area contributed by atoms with Crippen molar-refractivity contribution in [1.29, 1.82) is 0 Å². The Kier molecular flexibility index (Phi) is 3.85. The summed E-state index contributed by atoms with van der Waals surface area (Å²) in [6, 6.07) is 2.45. The van der Waals surface area contributed by atoms with Gasteiger partial charge in [-0.25, -0.2) is 0 Å². The first-order chi connectivity index (χ1) is 11.1. The summed E-state index contributed by atoms with van der Waals surface area (Å²) in [5, 5.41) is 1.43. The van der Waals surface area contributed by atoms with Crippen LogP contribution in [-0.2, 0) is 6.42 Å². The molecular formula is C21H21BrS. The van der Waals surface area contributed by atoms with Gasteiger partial charge in [0.1, 0.15) is 0 Å². The summed E-state index contributed by atoms with van der Waals surface area (Å²) in [5.74, 6) is 0. The largest absolute Gasteiger partial charge is 0.140 e. The molecule has 2 aromatic rings. The van der Waals surface area contributed by atoms with Crippen LogP contribution in [-0.4, -0.2) is 0 Å². The number of hydrogen-bond acceptors (Lipinski definition) is 1. The summed E-state index contributed by atoms with van der Waals surface area (Å²) < 4.78 is 2.77. The van der Waals surface area contributed by atoms with E-state index in [1.165, 1.54) is 49.0 Å². The van der Waals surface area contributed by atoms with Gasteiger partial charge in [-0.15, -0.1) is 11.3 Å². The van der Waals surface area contributed by atoms with E-state index in [0.29, 0.717) is 0 Å². The molecule has 0 bridgehead atoms. The number of hydrogen-bond donors (Lipinski definition) is 0. The number of fused-ring (bicyclic) bond motifs is 2. The van der Waals surface area contributed by atoms with Gasteiger partial charge in [-0.1, -0.05) is 29.4 Å². The van der Waals surface area contributed by atoms with E-state index in [1.807, 2.05) is 11.3 Å². The fourth-order valence-corrected chi connectivity index (χ4v) is 5.98. The van der Waals surface area contributed by atoms with Crippen LogP contribution >= 0.6 is 27.3 Å². The lowest BCUT2D eigenvalue weighted by atomic mass is 9.97. The molecule has 23 heavy (non-hydrogen) atoms. The van der Waals surface area contributed by atoms with Gasteiger partial charge in [0, 0.05) is 19.4 Å². The normalized spacial score (nSPS) is 16.6. The molecule has 4 rings (SSSR count). The van der Waals surface area contributed by atoms with E-state index < -0.39 is 0 Å². The van der Waals surface area contributed by atoms with E-state index in [9.17, 15) is 0 Å². The van der Waals surface area contributed by atoms with Crippen LogP contribution in [0.5, 0.6) is 0 Å². The highest BCUT2D eigenvalue weighted by Crippen LogP contribution is 2.46. The van der Waals surface area contributed by atoms with Gasteiger partial charge < -0.3 is 0 Å². The molecule has 0 radical (unpaired) electrons. The van der Waals surface area contributed by atoms with Crippen molar-refractivity contribution in [3.8, 4) is 0 Å². The van der Waals surface area contributed by atoms with E-state index in [-0.39, 0.29) is 0 Å². The van der Waals surface area contributed by atoms with E-state index in [1.54, 1.807) is 16.7 Å². The van der Waals surface area contributed by atoms with Crippen molar-refractivity contribution in [1.82, 2.24) is 0 Å². The Labute approximate surface area is 150 Å². The Hall–Kier alpha value is -1.12. The third-order valence-electron chi connectivity index (χ3n) is 5.32. The second-order valence-electron chi connectivity index (χ2n) is 6.77. The van der Waals surface area contributed by atoms with Gasteiger partial charge in [0.2, 0.25) is 0 Å². The van der Waals surface area contributed by atoms with Gasteiger partial charge >= 0.3 is 0 Å². The smallest absolute Gasteiger partial charge is 0.0365 e. The van der Waals surface area contributed by atoms with Crippen LogP contribution in [0.4, 0.5) is 0 Å². The highest BCUT2D eigenvalue weighted by molar-refractivity contribution is 9.10. The van der Waals surface area contributed by atoms with Gasteiger partial charge in [-0.05, 0) is 90.7 Å². The molecule has 2 aliphatic rings. The summed E-state index contributed by atoms with van der Waals surface area (Å²) in [5.41, 5.74) is 9.15. The average molecular weight is 385 g/mol. The molecule has 0 saturated heterocycles. The van der Waals surface area contributed by atoms with Crippen LogP contribution in [0.2, 0.25) is 0 Å². The van der Waals surface area contributed by atoms with Crippen LogP contribution in [0.3, 0.4) is 0 Å². The lowest BCUT2D eigenvalue weighted by Crippen LogP contribution is -1.89. The Balaban J connectivity index is 1.74. The first kappa shape index (κ1) is 15.4. The van der Waals surface area contributed by atoms with E-state index >= 15 is 0 Å². The molecule has 0 nitrogen and oxygen atoms in total. The van der Waals surface area contributed by atoms with Gasteiger partial charge in [-0.2, -0.15) is 0 Å². The van der Waals surface area contributed by atoms with Crippen molar-refractivity contribution >= 4 is 42.9 Å². The van der Waals surface area contributed by atoms with Crippen molar-refractivity contribution in [2.24, 2.45) is 0 Å². The second-order valence-corrected chi connectivity index (χ2v) is 8.82. The maximum Gasteiger partial charge on any atom is 0.0365 e. The van der Waals surface area contributed by atoms with Crippen LogP contribution < -0.4 is 0 Å². The van der Waals surface area contributed by atoms with Crippen molar-refractivity contribution in [3.63, 3.8) is 0 Å². The molecule has 2 heteroatoms. The highest BCUT2D eigenvalue weighted by atomic mass is 79.9. The average Bonchev–Trinajstić information content (AvgIpc) is 3.19. The molecule has 2 aliphatic carbocycles. The quantitative estimate of drug-likeness (QED) is 0.521. The number of benzene rings is 1. The molecule has 0 saturated carbocycles. The van der Waals surface area contributed by atoms with Crippen molar-refractivity contribution in [3.05, 3.63) is 61.5 Å². The maximum absolute atomic E-state index is 3.93. The molecule has 0 fully saturated rings. The summed E-state index contributed by atoms with van der Waals surface area (Å²) in [6.07, 6.45) is 11.4. The number of allylic oxidation sites excluding steroid dienone is 6. The third-order valence-corrected chi connectivity index (χ3v) is 7.35. The summed E-state index contributed by atoms with van der Waals surface area (Å²) >= 11 is 5.86. The van der Waals surface area contributed by atoms with Crippen molar-refractivity contribution in [2.45, 2.75) is 46.5 Å². The fourth-order valence-electron chi connectivity index (χ4n) is 3.87. The van der Waals surface area contributed by atoms with Crippen LogP contribution in [0.15, 0.2) is 39.9 Å². The summed E-state index contributed by atoms with van der Waals surface area (Å²) in [7, 11) is 0. The lowest BCUT2D eigenvalue weighted by molar-refractivity contribution is 0.959. The maximum atomic E-state index is 3.93. The molecule has 0 amide bonds. The molecule has 1 aromatic carbocycles. The predicted molar refractivity (Wildman–Crippen MR) is 106 cm³/mol. The van der Waals surface area contributed by atoms with Gasteiger partial charge in [0.05, 0.1) is 0 Å². The van der Waals surface area contributed by atoms with Gasteiger partial charge in [-0.3, -0.25) is 0 Å². The zero-order valence-corrected chi connectivity index (χ0v) is 16.3. The standard InChI is InChI=1S/C21H21BrS/c1-12-10-18-17(16(12)9-8-15-6-4-5-7-15)11-19-20(21(18)22)13(2)14(3)23-19/h4-6,11H,7-10H2,1-3H3. The van der Waals surface area contributed by atoms with Gasteiger partial charge in [0.15, 0.2) is 0 Å². The molecule has 0 aliphatic heterocycles. The fraction of sp³-hybridized carbons (Fsp3) is 0.333. The minimum Gasteiger partial charge on any atom is -0.140 e. The first-order valence-electron chi connectivity index (χ1n) is 8.31. The van der Waals surface area contributed by atoms with Gasteiger partial charge in [0.25, 0.3) is 0 Å². The molecular weight excluding hydrogens is 364 g/mol. The van der Waals surface area contributed by atoms with E-state index in [2.05, 4.69) is 61.0 Å². The molecule has 118 valence electrons. The summed E-state index contributed by atoms with van der Waals surface area (Å²) in [4.78, 5) is 1.44. The molecule has 1 heterocycles. The summed E-state index contributed by atoms with van der Waals surface area (Å²) in [6.45, 7) is 6.80. The van der Waals surface area contributed by atoms with Crippen molar-refractivity contribution in [2.75, 3.05) is 0 Å². The van der Waals surface area contributed by atoms with Crippen LogP contribution in [0, 0.1) is 13.8 Å². The zero-order chi connectivity index (χ0) is 16.1. The topological polar surface area (TPSA) is 0 Å². The molecule has 0 N–H and O–H groups in total. The number of thiophene rings is 1. The minimum absolute atomic E-state index is 1.10. The molecule has 0 spiro atoms. The molecule has 1 aromatic heterocycles. The van der Waals surface area contributed by atoms with E-state index in [0.717, 1.165) is 12.8 Å². The van der Waals surface area contributed by atoms with Crippen LogP contribution in [0.1, 0.15) is 47.8 Å². The third kappa shape index (κ3) is 2.47. The number of halogens is 1. The van der Waals surface area contributed by atoms with E-state index in [4.69, 9.17) is 0 Å². The molecule has 0 unspecified atom stereocenters. The minimum atomic E-state index is 1.10. The highest BCUT2D eigenvalue weighted by Gasteiger charge is 2.24. The molecule has 0 atom stereocenters. The Bertz CT molecular complexity index is 906. The number of aryl methyl sites for hydroxylation is 2. The first-order valence-corrected chi connectivity index (χ1v) is 9.92. The monoisotopic (exact) mass is 384 g/mol. The second kappa shape index (κ2) is 5.75.